The van der Waals surface area contributed by atoms with Crippen LogP contribution in [0.2, 0.25) is 0 Å². The van der Waals surface area contributed by atoms with E-state index in [-0.39, 0.29) is 0 Å². The molecule has 1 N–H and O–H groups in total. The predicted octanol–water partition coefficient (Wildman–Crippen LogP) is 2.91. The zero-order valence-corrected chi connectivity index (χ0v) is 9.76. The maximum absolute atomic E-state index is 3.49. The summed E-state index contributed by atoms with van der Waals surface area (Å²) in [5, 5.41) is 3.49. The van der Waals surface area contributed by atoms with Gasteiger partial charge in [-0.2, -0.15) is 11.8 Å². The van der Waals surface area contributed by atoms with Crippen LogP contribution in [-0.2, 0) is 0 Å². The first kappa shape index (κ1) is 12.3. The summed E-state index contributed by atoms with van der Waals surface area (Å²) in [6.45, 7) is 9.11. The molecule has 1 nitrogen and oxygen atoms in total. The molecule has 0 spiro atoms. The van der Waals surface area contributed by atoms with E-state index in [0.29, 0.717) is 4.75 Å². The van der Waals surface area contributed by atoms with Gasteiger partial charge in [0.25, 0.3) is 0 Å². The molecular weight excluding hydrogens is 166 g/mol. The van der Waals surface area contributed by atoms with Crippen LogP contribution in [0, 0.1) is 0 Å². The van der Waals surface area contributed by atoms with Gasteiger partial charge in [0.2, 0.25) is 0 Å². The van der Waals surface area contributed by atoms with Gasteiger partial charge < -0.3 is 5.32 Å². The summed E-state index contributed by atoms with van der Waals surface area (Å²) in [6.07, 6.45) is 6.16. The molecule has 12 heavy (non-hydrogen) atoms. The molecule has 0 saturated heterocycles. The molecule has 0 radical (unpaired) electrons. The van der Waals surface area contributed by atoms with E-state index in [0.717, 1.165) is 6.54 Å². The molecule has 0 unspecified atom stereocenters. The van der Waals surface area contributed by atoms with Crippen molar-refractivity contribution < 1.29 is 0 Å². The van der Waals surface area contributed by atoms with E-state index in [1.807, 2.05) is 11.8 Å². The van der Waals surface area contributed by atoms with E-state index in [9.17, 15) is 0 Å². The molecule has 0 bridgehead atoms. The molecule has 0 aromatic heterocycles. The molecular formula is C10H23NS. The summed E-state index contributed by atoms with van der Waals surface area (Å²) in [5.74, 6) is 0. The highest BCUT2D eigenvalue weighted by Crippen LogP contribution is 2.19. The lowest BCUT2D eigenvalue weighted by Crippen LogP contribution is -2.32. The third-order valence-corrected chi connectivity index (χ3v) is 3.31. The van der Waals surface area contributed by atoms with E-state index in [4.69, 9.17) is 0 Å². The van der Waals surface area contributed by atoms with Gasteiger partial charge in [-0.3, -0.25) is 0 Å². The van der Waals surface area contributed by atoms with Crippen LogP contribution < -0.4 is 5.32 Å². The maximum Gasteiger partial charge on any atom is 0.0225 e. The number of hydrogen-bond donors (Lipinski definition) is 1. The van der Waals surface area contributed by atoms with Crippen molar-refractivity contribution in [2.24, 2.45) is 0 Å². The Morgan fingerprint density at radius 3 is 2.42 bits per heavy atom. The second-order valence-electron chi connectivity index (χ2n) is 3.85. The lowest BCUT2D eigenvalue weighted by atomic mass is 10.2. The molecule has 2 heteroatoms. The van der Waals surface area contributed by atoms with Crippen molar-refractivity contribution in [3.63, 3.8) is 0 Å². The molecule has 0 rings (SSSR count). The smallest absolute Gasteiger partial charge is 0.0225 e. The van der Waals surface area contributed by atoms with Crippen molar-refractivity contribution in [1.29, 1.82) is 0 Å². The Morgan fingerprint density at radius 2 is 1.92 bits per heavy atom. The molecule has 0 aromatic rings. The standard InChI is InChI=1S/C10H23NS/c1-5-6-7-8-11-9-10(2,3)12-4/h11H,5-9H2,1-4H3. The molecule has 0 atom stereocenters. The minimum Gasteiger partial charge on any atom is -0.315 e. The van der Waals surface area contributed by atoms with Crippen LogP contribution in [-0.4, -0.2) is 24.1 Å². The van der Waals surface area contributed by atoms with Crippen LogP contribution in [0.4, 0.5) is 0 Å². The maximum atomic E-state index is 3.49. The van der Waals surface area contributed by atoms with Crippen molar-refractivity contribution in [2.45, 2.75) is 44.8 Å². The first-order valence-corrected chi connectivity index (χ1v) is 6.10. The number of nitrogens with one attached hydrogen (secondary N) is 1. The molecule has 74 valence electrons. The van der Waals surface area contributed by atoms with Crippen molar-refractivity contribution in [3.05, 3.63) is 0 Å². The molecule has 0 heterocycles. The van der Waals surface area contributed by atoms with E-state index < -0.39 is 0 Å². The van der Waals surface area contributed by atoms with Gasteiger partial charge in [0, 0.05) is 11.3 Å². The number of rotatable bonds is 7. The largest absolute Gasteiger partial charge is 0.315 e. The van der Waals surface area contributed by atoms with Crippen molar-refractivity contribution in [2.75, 3.05) is 19.3 Å². The average Bonchev–Trinajstić information content (AvgIpc) is 2.04. The van der Waals surface area contributed by atoms with Crippen LogP contribution in [0.15, 0.2) is 0 Å². The minimum atomic E-state index is 0.395. The first-order chi connectivity index (χ1) is 5.62. The fourth-order valence-electron chi connectivity index (χ4n) is 0.962. The van der Waals surface area contributed by atoms with E-state index in [1.165, 1.54) is 25.8 Å². The highest BCUT2D eigenvalue weighted by atomic mass is 32.2. The third kappa shape index (κ3) is 6.99. The van der Waals surface area contributed by atoms with Crippen LogP contribution in [0.5, 0.6) is 0 Å². The Hall–Kier alpha value is 0.310. The zero-order valence-electron chi connectivity index (χ0n) is 8.94. The molecule has 0 aliphatic carbocycles. The summed E-state index contributed by atoms with van der Waals surface area (Å²) in [7, 11) is 0. The molecule has 0 saturated carbocycles. The van der Waals surface area contributed by atoms with Gasteiger partial charge in [-0.15, -0.1) is 0 Å². The van der Waals surface area contributed by atoms with Gasteiger partial charge in [0.15, 0.2) is 0 Å². The Labute approximate surface area is 81.7 Å². The second-order valence-corrected chi connectivity index (χ2v) is 5.36. The molecule has 0 aliphatic heterocycles. The summed E-state index contributed by atoms with van der Waals surface area (Å²) in [4.78, 5) is 0. The van der Waals surface area contributed by atoms with Crippen LogP contribution in [0.3, 0.4) is 0 Å². The molecule has 0 amide bonds. The monoisotopic (exact) mass is 189 g/mol. The Kier molecular flexibility index (Phi) is 6.96. The molecule has 0 aromatic carbocycles. The molecule has 0 aliphatic rings. The van der Waals surface area contributed by atoms with Crippen LogP contribution in [0.1, 0.15) is 40.0 Å². The fourth-order valence-corrected chi connectivity index (χ4v) is 1.21. The third-order valence-electron chi connectivity index (χ3n) is 2.06. The average molecular weight is 189 g/mol. The number of unbranched alkanes of at least 4 members (excludes halogenated alkanes) is 2. The van der Waals surface area contributed by atoms with Crippen molar-refractivity contribution >= 4 is 11.8 Å². The van der Waals surface area contributed by atoms with Gasteiger partial charge in [-0.05, 0) is 33.1 Å². The second kappa shape index (κ2) is 6.79. The first-order valence-electron chi connectivity index (χ1n) is 4.88. The van der Waals surface area contributed by atoms with Gasteiger partial charge in [-0.25, -0.2) is 0 Å². The Bertz CT molecular complexity index is 102. The van der Waals surface area contributed by atoms with Crippen molar-refractivity contribution in [3.8, 4) is 0 Å². The van der Waals surface area contributed by atoms with E-state index in [1.54, 1.807) is 0 Å². The Balaban J connectivity index is 3.19. The van der Waals surface area contributed by atoms with Crippen molar-refractivity contribution in [1.82, 2.24) is 5.32 Å². The fraction of sp³-hybridized carbons (Fsp3) is 1.00. The van der Waals surface area contributed by atoms with Gasteiger partial charge >= 0.3 is 0 Å². The van der Waals surface area contributed by atoms with Gasteiger partial charge in [0.1, 0.15) is 0 Å². The quantitative estimate of drug-likeness (QED) is 0.618. The Morgan fingerprint density at radius 1 is 1.25 bits per heavy atom. The number of thioether (sulfide) groups is 1. The summed E-state index contributed by atoms with van der Waals surface area (Å²) in [6, 6.07) is 0. The normalized spacial score (nSPS) is 12.0. The van der Waals surface area contributed by atoms with Gasteiger partial charge in [-0.1, -0.05) is 19.8 Å². The highest BCUT2D eigenvalue weighted by molar-refractivity contribution is 7.99. The lowest BCUT2D eigenvalue weighted by Gasteiger charge is -2.22. The predicted molar refractivity (Wildman–Crippen MR) is 60.0 cm³/mol. The highest BCUT2D eigenvalue weighted by Gasteiger charge is 2.14. The number of hydrogen-bond acceptors (Lipinski definition) is 2. The zero-order chi connectivity index (χ0) is 9.45. The topological polar surface area (TPSA) is 12.0 Å². The van der Waals surface area contributed by atoms with Gasteiger partial charge in [0.05, 0.1) is 0 Å². The van der Waals surface area contributed by atoms with Crippen LogP contribution in [0.25, 0.3) is 0 Å². The minimum absolute atomic E-state index is 0.395. The molecule has 0 fully saturated rings. The summed E-state index contributed by atoms with van der Waals surface area (Å²) in [5.41, 5.74) is 0. The SMILES string of the molecule is CCCCCNCC(C)(C)SC. The summed E-state index contributed by atoms with van der Waals surface area (Å²) < 4.78 is 0.395. The summed E-state index contributed by atoms with van der Waals surface area (Å²) >= 11 is 1.93. The lowest BCUT2D eigenvalue weighted by molar-refractivity contribution is 0.563. The van der Waals surface area contributed by atoms with Crippen LogP contribution >= 0.6 is 11.8 Å². The van der Waals surface area contributed by atoms with E-state index in [2.05, 4.69) is 32.3 Å². The van der Waals surface area contributed by atoms with E-state index >= 15 is 0 Å².